The van der Waals surface area contributed by atoms with Crippen LogP contribution in [0.5, 0.6) is 11.5 Å². The fourth-order valence-corrected chi connectivity index (χ4v) is 4.34. The van der Waals surface area contributed by atoms with Crippen LogP contribution in [-0.2, 0) is 20.6 Å². The average molecular weight is 413 g/mol. The van der Waals surface area contributed by atoms with Gasteiger partial charge in [-0.05, 0) is 25.5 Å². The number of likely N-dealkylation sites (tertiary alicyclic amines) is 1. The lowest BCUT2D eigenvalue weighted by molar-refractivity contribution is 0.242. The molecule has 0 N–H and O–H groups in total. The third kappa shape index (κ3) is 3.28. The molecule has 0 amide bonds. The Morgan fingerprint density at radius 3 is 2.63 bits per heavy atom. The largest absolute Gasteiger partial charge is 0.497 e. The van der Waals surface area contributed by atoms with Crippen molar-refractivity contribution in [2.45, 2.75) is 25.4 Å². The van der Waals surface area contributed by atoms with Gasteiger partial charge in [-0.25, -0.2) is 9.78 Å². The highest BCUT2D eigenvalue weighted by atomic mass is 16.5. The number of benzene rings is 1. The van der Waals surface area contributed by atoms with Gasteiger partial charge in [-0.2, -0.15) is 0 Å². The van der Waals surface area contributed by atoms with Crippen LogP contribution in [0.15, 0.2) is 34.1 Å². The molecule has 0 saturated carbocycles. The Balaban J connectivity index is 1.60. The molecule has 1 saturated heterocycles. The fraction of sp³-hybridized carbons (Fsp3) is 0.476. The van der Waals surface area contributed by atoms with Crippen LogP contribution in [0.3, 0.4) is 0 Å². The molecule has 160 valence electrons. The molecule has 0 spiro atoms. The van der Waals surface area contributed by atoms with Crippen molar-refractivity contribution >= 4 is 11.2 Å². The fourth-order valence-electron chi connectivity index (χ4n) is 4.34. The minimum absolute atomic E-state index is 0.243. The van der Waals surface area contributed by atoms with E-state index >= 15 is 0 Å². The molecular formula is C21H27N5O4. The van der Waals surface area contributed by atoms with Crippen molar-refractivity contribution in [2.75, 3.05) is 27.3 Å². The number of methoxy groups -OCH3 is 2. The second-order valence-electron chi connectivity index (χ2n) is 7.62. The summed E-state index contributed by atoms with van der Waals surface area (Å²) in [6.07, 6.45) is 3.79. The summed E-state index contributed by atoms with van der Waals surface area (Å²) in [5.41, 5.74) is 1.32. The summed E-state index contributed by atoms with van der Waals surface area (Å²) in [5, 5.41) is 0. The topological polar surface area (TPSA) is 83.5 Å². The van der Waals surface area contributed by atoms with Gasteiger partial charge in [0.25, 0.3) is 5.56 Å². The van der Waals surface area contributed by atoms with Gasteiger partial charge in [0.05, 0.1) is 20.5 Å². The van der Waals surface area contributed by atoms with Crippen LogP contribution >= 0.6 is 0 Å². The Hall–Kier alpha value is -3.07. The zero-order valence-corrected chi connectivity index (χ0v) is 17.8. The summed E-state index contributed by atoms with van der Waals surface area (Å²) in [4.78, 5) is 31.5. The van der Waals surface area contributed by atoms with E-state index in [1.165, 1.54) is 11.6 Å². The summed E-state index contributed by atoms with van der Waals surface area (Å²) in [5.74, 6) is 1.59. The smallest absolute Gasteiger partial charge is 0.332 e. The zero-order chi connectivity index (χ0) is 21.4. The van der Waals surface area contributed by atoms with Gasteiger partial charge in [-0.1, -0.05) is 6.07 Å². The number of hydrogen-bond donors (Lipinski definition) is 0. The van der Waals surface area contributed by atoms with Crippen molar-refractivity contribution in [3.63, 3.8) is 0 Å². The first kappa shape index (κ1) is 20.2. The minimum Gasteiger partial charge on any atom is -0.497 e. The summed E-state index contributed by atoms with van der Waals surface area (Å²) in [6, 6.07) is 6.19. The second-order valence-corrected chi connectivity index (χ2v) is 7.62. The maximum absolute atomic E-state index is 12.7. The first-order chi connectivity index (χ1) is 14.5. The van der Waals surface area contributed by atoms with E-state index in [4.69, 9.17) is 9.47 Å². The highest BCUT2D eigenvalue weighted by Crippen LogP contribution is 2.38. The molecule has 4 rings (SSSR count). The van der Waals surface area contributed by atoms with Gasteiger partial charge in [-0.3, -0.25) is 18.8 Å². The Morgan fingerprint density at radius 1 is 1.10 bits per heavy atom. The predicted octanol–water partition coefficient (Wildman–Crippen LogP) is 1.29. The minimum atomic E-state index is -0.371. The highest BCUT2D eigenvalue weighted by Gasteiger charge is 2.28. The monoisotopic (exact) mass is 413 g/mol. The van der Waals surface area contributed by atoms with Gasteiger partial charge in [0, 0.05) is 44.9 Å². The molecule has 1 aliphatic heterocycles. The Morgan fingerprint density at radius 2 is 1.90 bits per heavy atom. The van der Waals surface area contributed by atoms with Crippen molar-refractivity contribution < 1.29 is 9.47 Å². The van der Waals surface area contributed by atoms with Crippen LogP contribution in [0, 0.1) is 0 Å². The molecule has 9 heteroatoms. The number of aryl methyl sites for hydroxylation is 1. The Labute approximate surface area is 174 Å². The number of imidazole rings is 1. The third-order valence-electron chi connectivity index (χ3n) is 6.01. The first-order valence-corrected chi connectivity index (χ1v) is 10.0. The van der Waals surface area contributed by atoms with Crippen molar-refractivity contribution in [1.82, 2.24) is 23.6 Å². The maximum Gasteiger partial charge on any atom is 0.332 e. The van der Waals surface area contributed by atoms with Crippen LogP contribution in [0.25, 0.3) is 11.2 Å². The lowest BCUT2D eigenvalue weighted by Crippen LogP contribution is -2.38. The summed E-state index contributed by atoms with van der Waals surface area (Å²) in [6.45, 7) is 2.35. The Bertz CT molecular complexity index is 1190. The van der Waals surface area contributed by atoms with Crippen LogP contribution in [-0.4, -0.2) is 50.9 Å². The van der Waals surface area contributed by atoms with E-state index in [1.54, 1.807) is 27.6 Å². The van der Waals surface area contributed by atoms with Crippen LogP contribution < -0.4 is 20.7 Å². The molecule has 2 aromatic heterocycles. The van der Waals surface area contributed by atoms with Crippen LogP contribution in [0.2, 0.25) is 0 Å². The molecule has 9 nitrogen and oxygen atoms in total. The third-order valence-corrected chi connectivity index (χ3v) is 6.01. The van der Waals surface area contributed by atoms with E-state index in [-0.39, 0.29) is 17.3 Å². The van der Waals surface area contributed by atoms with E-state index in [0.717, 1.165) is 47.6 Å². The molecule has 30 heavy (non-hydrogen) atoms. The van der Waals surface area contributed by atoms with Gasteiger partial charge in [0.2, 0.25) is 0 Å². The van der Waals surface area contributed by atoms with E-state index in [0.29, 0.717) is 17.7 Å². The first-order valence-electron chi connectivity index (χ1n) is 10.0. The molecular weight excluding hydrogens is 386 g/mol. The SMILES string of the molecule is COc1ccc(C2CCCN2CCn2cnc3c2c(=O)n(C)c(=O)n3C)c(OC)c1. The normalized spacial score (nSPS) is 17.0. The molecule has 0 aliphatic carbocycles. The van der Waals surface area contributed by atoms with Crippen LogP contribution in [0.4, 0.5) is 0 Å². The summed E-state index contributed by atoms with van der Waals surface area (Å²) < 4.78 is 15.3. The number of fused-ring (bicyclic) bond motifs is 1. The summed E-state index contributed by atoms with van der Waals surface area (Å²) in [7, 11) is 6.45. The van der Waals surface area contributed by atoms with E-state index in [1.807, 2.05) is 16.7 Å². The van der Waals surface area contributed by atoms with E-state index < -0.39 is 0 Å². The second kappa shape index (κ2) is 7.98. The van der Waals surface area contributed by atoms with Crippen LogP contribution in [0.1, 0.15) is 24.4 Å². The van der Waals surface area contributed by atoms with Gasteiger partial charge >= 0.3 is 5.69 Å². The quantitative estimate of drug-likeness (QED) is 0.606. The van der Waals surface area contributed by atoms with E-state index in [2.05, 4.69) is 16.0 Å². The standard InChI is InChI=1S/C21H27N5O4/c1-23-19-18(20(27)24(2)21(23)28)26(13-22-19)11-10-25-9-5-6-16(25)15-8-7-14(29-3)12-17(15)30-4/h7-8,12-13,16H,5-6,9-11H2,1-4H3. The number of hydrogen-bond acceptors (Lipinski definition) is 6. The molecule has 1 fully saturated rings. The number of nitrogens with zero attached hydrogens (tertiary/aromatic N) is 5. The Kier molecular flexibility index (Phi) is 5.38. The lowest BCUT2D eigenvalue weighted by atomic mass is 10.0. The summed E-state index contributed by atoms with van der Waals surface area (Å²) >= 11 is 0. The molecule has 1 atom stereocenters. The van der Waals surface area contributed by atoms with Gasteiger partial charge in [0.15, 0.2) is 11.2 Å². The number of rotatable bonds is 6. The van der Waals surface area contributed by atoms with Crippen molar-refractivity contribution in [3.8, 4) is 11.5 Å². The predicted molar refractivity (Wildman–Crippen MR) is 113 cm³/mol. The highest BCUT2D eigenvalue weighted by molar-refractivity contribution is 5.69. The van der Waals surface area contributed by atoms with Crippen molar-refractivity contribution in [3.05, 3.63) is 50.9 Å². The lowest BCUT2D eigenvalue weighted by Gasteiger charge is -2.26. The molecule has 0 radical (unpaired) electrons. The molecule has 1 aromatic carbocycles. The molecule has 1 unspecified atom stereocenters. The van der Waals surface area contributed by atoms with Crippen molar-refractivity contribution in [1.29, 1.82) is 0 Å². The molecule has 1 aliphatic rings. The maximum atomic E-state index is 12.7. The molecule has 3 heterocycles. The zero-order valence-electron chi connectivity index (χ0n) is 17.8. The average Bonchev–Trinajstić information content (AvgIpc) is 3.41. The van der Waals surface area contributed by atoms with Gasteiger partial charge < -0.3 is 14.0 Å². The van der Waals surface area contributed by atoms with E-state index in [9.17, 15) is 9.59 Å². The molecule has 3 aromatic rings. The van der Waals surface area contributed by atoms with Crippen molar-refractivity contribution in [2.24, 2.45) is 14.1 Å². The van der Waals surface area contributed by atoms with Gasteiger partial charge in [-0.15, -0.1) is 0 Å². The molecule has 0 bridgehead atoms. The number of aromatic nitrogens is 4. The van der Waals surface area contributed by atoms with Gasteiger partial charge in [0.1, 0.15) is 11.5 Å². The number of ether oxygens (including phenoxy) is 2.